The summed E-state index contributed by atoms with van der Waals surface area (Å²) in [5, 5.41) is 3.32. The molecule has 0 heterocycles. The van der Waals surface area contributed by atoms with Crippen molar-refractivity contribution >= 4 is 27.6 Å². The Bertz CT molecular complexity index is 716. The quantitative estimate of drug-likeness (QED) is 0.405. The number of anilines is 1. The number of allylic oxidation sites excluding steroid dienone is 4. The maximum Gasteiger partial charge on any atom is 0.345 e. The molecule has 0 aliphatic heterocycles. The molecule has 7 heteroatoms. The summed E-state index contributed by atoms with van der Waals surface area (Å²) < 4.78 is 16.3. The monoisotopic (exact) mass is 438 g/mol. The van der Waals surface area contributed by atoms with E-state index in [4.69, 9.17) is 19.9 Å². The molecule has 0 unspecified atom stereocenters. The normalized spacial score (nSPS) is 12.1. The van der Waals surface area contributed by atoms with Crippen LogP contribution in [0.4, 0.5) is 5.69 Å². The number of benzene rings is 1. The Morgan fingerprint density at radius 3 is 2.30 bits per heavy atom. The zero-order valence-electron chi connectivity index (χ0n) is 16.2. The Morgan fingerprint density at radius 2 is 1.85 bits per heavy atom. The number of rotatable bonds is 10. The summed E-state index contributed by atoms with van der Waals surface area (Å²) in [4.78, 5) is 12.1. The molecule has 27 heavy (non-hydrogen) atoms. The average Bonchev–Trinajstić information content (AvgIpc) is 2.69. The van der Waals surface area contributed by atoms with Crippen LogP contribution in [0.2, 0.25) is 0 Å². The van der Waals surface area contributed by atoms with E-state index in [9.17, 15) is 4.79 Å². The van der Waals surface area contributed by atoms with Gasteiger partial charge in [0.1, 0.15) is 17.1 Å². The van der Waals surface area contributed by atoms with Gasteiger partial charge in [-0.3, -0.25) is 0 Å². The van der Waals surface area contributed by atoms with Gasteiger partial charge in [-0.2, -0.15) is 0 Å². The lowest BCUT2D eigenvalue weighted by Gasteiger charge is -2.17. The maximum absolute atomic E-state index is 12.1. The van der Waals surface area contributed by atoms with Gasteiger partial charge in [0.05, 0.1) is 27.0 Å². The minimum Gasteiger partial charge on any atom is -0.496 e. The molecule has 1 aromatic rings. The van der Waals surface area contributed by atoms with Gasteiger partial charge in [0.2, 0.25) is 0 Å². The van der Waals surface area contributed by atoms with Crippen molar-refractivity contribution in [1.29, 1.82) is 0 Å². The van der Waals surface area contributed by atoms with Gasteiger partial charge in [0.15, 0.2) is 0 Å². The summed E-state index contributed by atoms with van der Waals surface area (Å²) in [5.74, 6) is 0.161. The van der Waals surface area contributed by atoms with Gasteiger partial charge < -0.3 is 25.3 Å². The Hall–Kier alpha value is -2.41. The van der Waals surface area contributed by atoms with Crippen molar-refractivity contribution in [2.45, 2.75) is 26.2 Å². The molecule has 0 radical (unpaired) electrons. The first-order chi connectivity index (χ1) is 12.9. The first-order valence-corrected chi connectivity index (χ1v) is 9.30. The third kappa shape index (κ3) is 6.36. The number of carbonyl (C=O) groups is 1. The van der Waals surface area contributed by atoms with Crippen molar-refractivity contribution in [1.82, 2.24) is 0 Å². The summed E-state index contributed by atoms with van der Waals surface area (Å²) in [7, 11) is 4.28. The second kappa shape index (κ2) is 11.3. The fourth-order valence-electron chi connectivity index (χ4n) is 2.39. The highest BCUT2D eigenvalue weighted by Gasteiger charge is 2.21. The molecular formula is C20H27BrN2O4. The molecule has 6 nitrogen and oxygen atoms in total. The summed E-state index contributed by atoms with van der Waals surface area (Å²) in [6.07, 6.45) is 6.22. The Balaban J connectivity index is 3.39. The topological polar surface area (TPSA) is 82.8 Å². The molecule has 0 bridgehead atoms. The first-order valence-electron chi connectivity index (χ1n) is 8.51. The highest BCUT2D eigenvalue weighted by atomic mass is 79.9. The lowest BCUT2D eigenvalue weighted by atomic mass is 10.1. The fraction of sp³-hybridized carbons (Fsp3) is 0.350. The smallest absolute Gasteiger partial charge is 0.345 e. The van der Waals surface area contributed by atoms with Crippen LogP contribution < -0.4 is 20.5 Å². The molecule has 0 saturated carbocycles. The molecule has 0 aliphatic rings. The van der Waals surface area contributed by atoms with Crippen molar-refractivity contribution in [3.8, 4) is 11.5 Å². The number of carbonyl (C=O) groups excluding carboxylic acids is 1. The van der Waals surface area contributed by atoms with Crippen LogP contribution in [-0.2, 0) is 4.74 Å². The van der Waals surface area contributed by atoms with E-state index in [2.05, 4.69) is 34.7 Å². The Labute approximate surface area is 169 Å². The zero-order valence-corrected chi connectivity index (χ0v) is 17.8. The lowest BCUT2D eigenvalue weighted by Crippen LogP contribution is -2.11. The summed E-state index contributed by atoms with van der Waals surface area (Å²) in [5.41, 5.74) is 8.61. The molecule has 0 saturated heterocycles. The van der Waals surface area contributed by atoms with Crippen molar-refractivity contribution in [2.75, 3.05) is 26.6 Å². The van der Waals surface area contributed by atoms with Crippen LogP contribution in [0.15, 0.2) is 46.7 Å². The number of methoxy groups -OCH3 is 3. The molecule has 0 fully saturated rings. The van der Waals surface area contributed by atoms with E-state index < -0.39 is 5.97 Å². The predicted molar refractivity (Wildman–Crippen MR) is 112 cm³/mol. The standard InChI is InChI=1S/C20H27BrN2O4/c1-6-8-9-16(15(22)10-13(21)7-2)23-14-11-17(25-3)19(20(24)27-5)18(12-14)26-4/h7,10-12,23H,2,6,8-9,22H2,1,3-5H3/b13-10+,16-15-. The number of nitrogens with two attached hydrogens (primary N) is 1. The van der Waals surface area contributed by atoms with E-state index in [0.717, 1.165) is 29.4 Å². The molecule has 148 valence electrons. The molecule has 0 spiro atoms. The van der Waals surface area contributed by atoms with Crippen LogP contribution in [0, 0.1) is 0 Å². The highest BCUT2D eigenvalue weighted by molar-refractivity contribution is 9.11. The van der Waals surface area contributed by atoms with Crippen LogP contribution in [0.5, 0.6) is 11.5 Å². The number of esters is 1. The first kappa shape index (κ1) is 22.6. The number of ether oxygens (including phenoxy) is 3. The average molecular weight is 439 g/mol. The van der Waals surface area contributed by atoms with Gasteiger partial charge in [-0.15, -0.1) is 0 Å². The van der Waals surface area contributed by atoms with E-state index in [1.807, 2.05) is 0 Å². The predicted octanol–water partition coefficient (Wildman–Crippen LogP) is 4.73. The molecule has 3 N–H and O–H groups in total. The van der Waals surface area contributed by atoms with E-state index in [1.54, 1.807) is 24.3 Å². The van der Waals surface area contributed by atoms with Crippen LogP contribution in [0.1, 0.15) is 36.5 Å². The molecule has 0 amide bonds. The second-order valence-corrected chi connectivity index (χ2v) is 6.56. The largest absolute Gasteiger partial charge is 0.496 e. The van der Waals surface area contributed by atoms with Crippen LogP contribution in [-0.4, -0.2) is 27.3 Å². The van der Waals surface area contributed by atoms with Gasteiger partial charge >= 0.3 is 5.97 Å². The lowest BCUT2D eigenvalue weighted by molar-refractivity contribution is 0.0593. The minimum absolute atomic E-state index is 0.231. The van der Waals surface area contributed by atoms with Crippen molar-refractivity contribution in [2.24, 2.45) is 5.73 Å². The van der Waals surface area contributed by atoms with Gasteiger partial charge in [-0.1, -0.05) is 41.9 Å². The highest BCUT2D eigenvalue weighted by Crippen LogP contribution is 2.34. The Kier molecular flexibility index (Phi) is 9.50. The summed E-state index contributed by atoms with van der Waals surface area (Å²) >= 11 is 3.39. The fourth-order valence-corrected chi connectivity index (χ4v) is 2.64. The van der Waals surface area contributed by atoms with E-state index in [-0.39, 0.29) is 5.56 Å². The van der Waals surface area contributed by atoms with Crippen molar-refractivity contribution in [3.05, 3.63) is 52.3 Å². The molecule has 0 aliphatic carbocycles. The number of halogens is 1. The number of hydrogen-bond donors (Lipinski definition) is 2. The van der Waals surface area contributed by atoms with Crippen LogP contribution in [0.3, 0.4) is 0 Å². The van der Waals surface area contributed by atoms with Gasteiger partial charge in [-0.25, -0.2) is 4.79 Å². The van der Waals surface area contributed by atoms with Crippen LogP contribution in [0.25, 0.3) is 0 Å². The Morgan fingerprint density at radius 1 is 1.26 bits per heavy atom. The van der Waals surface area contributed by atoms with E-state index in [0.29, 0.717) is 22.9 Å². The van der Waals surface area contributed by atoms with Crippen molar-refractivity contribution in [3.63, 3.8) is 0 Å². The summed E-state index contributed by atoms with van der Waals surface area (Å²) in [6.45, 7) is 5.82. The van der Waals surface area contributed by atoms with E-state index >= 15 is 0 Å². The zero-order chi connectivity index (χ0) is 20.4. The maximum atomic E-state index is 12.1. The molecule has 1 aromatic carbocycles. The summed E-state index contributed by atoms with van der Waals surface area (Å²) in [6, 6.07) is 3.42. The molecule has 0 atom stereocenters. The number of unbranched alkanes of at least 4 members (excludes halogenated alkanes) is 1. The van der Waals surface area contributed by atoms with Gasteiger partial charge in [0, 0.05) is 28.0 Å². The molecular weight excluding hydrogens is 412 g/mol. The second-order valence-electron chi connectivity index (χ2n) is 5.64. The van der Waals surface area contributed by atoms with Crippen molar-refractivity contribution < 1.29 is 19.0 Å². The molecule has 1 rings (SSSR count). The third-order valence-corrected chi connectivity index (χ3v) is 4.36. The van der Waals surface area contributed by atoms with Gasteiger partial charge in [-0.05, 0) is 18.9 Å². The minimum atomic E-state index is -0.533. The SMILES string of the molecule is C=C/C(Br)=C\C(N)=C(/CCCC)Nc1cc(OC)c(C(=O)OC)c(OC)c1. The third-order valence-electron chi connectivity index (χ3n) is 3.81. The molecule has 0 aromatic heterocycles. The number of hydrogen-bond acceptors (Lipinski definition) is 6. The number of nitrogens with one attached hydrogen (secondary N) is 1. The van der Waals surface area contributed by atoms with Crippen LogP contribution >= 0.6 is 15.9 Å². The van der Waals surface area contributed by atoms with E-state index in [1.165, 1.54) is 21.3 Å². The van der Waals surface area contributed by atoms with Gasteiger partial charge in [0.25, 0.3) is 0 Å².